The van der Waals surface area contributed by atoms with Gasteiger partial charge >= 0.3 is 0 Å². The van der Waals surface area contributed by atoms with Gasteiger partial charge in [0.15, 0.2) is 0 Å². The highest BCUT2D eigenvalue weighted by Crippen LogP contribution is 2.12. The van der Waals surface area contributed by atoms with Crippen LogP contribution in [0.4, 0.5) is 5.69 Å². The van der Waals surface area contributed by atoms with Crippen molar-refractivity contribution in [1.29, 1.82) is 0 Å². The van der Waals surface area contributed by atoms with Gasteiger partial charge in [-0.2, -0.15) is 0 Å². The van der Waals surface area contributed by atoms with Gasteiger partial charge in [-0.1, -0.05) is 24.3 Å². The van der Waals surface area contributed by atoms with Gasteiger partial charge in [-0.05, 0) is 24.3 Å². The normalized spacial score (nSPS) is 14.1. The summed E-state index contributed by atoms with van der Waals surface area (Å²) in [5.41, 5.74) is 1.35. The Balaban J connectivity index is 2.06. The van der Waals surface area contributed by atoms with Crippen molar-refractivity contribution in [1.82, 2.24) is 0 Å². The Morgan fingerprint density at radius 3 is 2.53 bits per heavy atom. The summed E-state index contributed by atoms with van der Waals surface area (Å²) in [7, 11) is 0. The van der Waals surface area contributed by atoms with Gasteiger partial charge in [0.1, 0.15) is 0 Å². The molecule has 1 amide bonds. The first-order chi connectivity index (χ1) is 8.29. The third-order valence-electron chi connectivity index (χ3n) is 2.37. The SMILES string of the molecule is O=S=C1C=CC(C(=O)Nc2ccccc2)=CC1. The minimum atomic E-state index is -0.151. The first-order valence-corrected chi connectivity index (χ1v) is 5.94. The van der Waals surface area contributed by atoms with Gasteiger partial charge in [0.2, 0.25) is 0 Å². The highest BCUT2D eigenvalue weighted by atomic mass is 32.1. The molecule has 0 saturated heterocycles. The van der Waals surface area contributed by atoms with Crippen molar-refractivity contribution in [3.05, 3.63) is 54.1 Å². The zero-order chi connectivity index (χ0) is 12.1. The quantitative estimate of drug-likeness (QED) is 0.809. The maximum absolute atomic E-state index is 11.8. The van der Waals surface area contributed by atoms with Crippen LogP contribution in [0.15, 0.2) is 54.1 Å². The lowest BCUT2D eigenvalue weighted by Crippen LogP contribution is -2.15. The van der Waals surface area contributed by atoms with Crippen LogP contribution in [0.3, 0.4) is 0 Å². The second-order valence-corrected chi connectivity index (χ2v) is 4.26. The van der Waals surface area contributed by atoms with E-state index in [0.29, 0.717) is 23.2 Å². The van der Waals surface area contributed by atoms with Gasteiger partial charge in [0, 0.05) is 22.5 Å². The lowest BCUT2D eigenvalue weighted by molar-refractivity contribution is -0.112. The topological polar surface area (TPSA) is 46.2 Å². The Morgan fingerprint density at radius 1 is 1.18 bits per heavy atom. The molecule has 1 aliphatic carbocycles. The van der Waals surface area contributed by atoms with Crippen molar-refractivity contribution in [2.24, 2.45) is 0 Å². The molecule has 1 aromatic rings. The van der Waals surface area contributed by atoms with Gasteiger partial charge in [-0.15, -0.1) is 0 Å². The summed E-state index contributed by atoms with van der Waals surface area (Å²) in [6.45, 7) is 0. The maximum atomic E-state index is 11.8. The largest absolute Gasteiger partial charge is 0.322 e. The number of rotatable bonds is 2. The van der Waals surface area contributed by atoms with E-state index in [1.165, 1.54) is 0 Å². The van der Waals surface area contributed by atoms with Crippen molar-refractivity contribution < 1.29 is 9.00 Å². The molecule has 86 valence electrons. The molecule has 4 heteroatoms. The number of amides is 1. The lowest BCUT2D eigenvalue weighted by Gasteiger charge is -2.08. The van der Waals surface area contributed by atoms with Crippen LogP contribution in [0.2, 0.25) is 0 Å². The molecule has 1 aromatic carbocycles. The molecule has 0 radical (unpaired) electrons. The Kier molecular flexibility index (Phi) is 3.67. The summed E-state index contributed by atoms with van der Waals surface area (Å²) in [6.07, 6.45) is 5.65. The fourth-order valence-corrected chi connectivity index (χ4v) is 1.76. The minimum Gasteiger partial charge on any atom is -0.322 e. The molecule has 1 N–H and O–H groups in total. The summed E-state index contributed by atoms with van der Waals surface area (Å²) in [5.74, 6) is -0.151. The highest BCUT2D eigenvalue weighted by Gasteiger charge is 2.10. The van der Waals surface area contributed by atoms with Crippen LogP contribution in [0.25, 0.3) is 0 Å². The molecular weight excluding hydrogens is 234 g/mol. The van der Waals surface area contributed by atoms with Gasteiger partial charge in [0.05, 0.1) is 11.3 Å². The fourth-order valence-electron chi connectivity index (χ4n) is 1.48. The molecule has 0 bridgehead atoms. The van der Waals surface area contributed by atoms with E-state index >= 15 is 0 Å². The third kappa shape index (κ3) is 3.01. The van der Waals surface area contributed by atoms with Crippen LogP contribution in [0, 0.1) is 0 Å². The average Bonchev–Trinajstić information content (AvgIpc) is 2.40. The Labute approximate surface area is 103 Å². The number of benzene rings is 1. The van der Waals surface area contributed by atoms with Gasteiger partial charge in [-0.25, -0.2) is 4.21 Å². The van der Waals surface area contributed by atoms with Gasteiger partial charge in [0.25, 0.3) is 5.91 Å². The molecule has 1 aliphatic rings. The zero-order valence-corrected chi connectivity index (χ0v) is 9.87. The molecule has 0 saturated carbocycles. The number of nitrogens with one attached hydrogen (secondary N) is 1. The molecule has 0 aliphatic heterocycles. The van der Waals surface area contributed by atoms with Crippen LogP contribution >= 0.6 is 0 Å². The van der Waals surface area contributed by atoms with E-state index in [-0.39, 0.29) is 5.91 Å². The molecule has 0 fully saturated rings. The van der Waals surface area contributed by atoms with E-state index in [9.17, 15) is 9.00 Å². The van der Waals surface area contributed by atoms with E-state index in [4.69, 9.17) is 0 Å². The molecule has 0 heterocycles. The fraction of sp³-hybridized carbons (Fsp3) is 0.0769. The van der Waals surface area contributed by atoms with Crippen molar-refractivity contribution in [2.45, 2.75) is 6.42 Å². The van der Waals surface area contributed by atoms with Gasteiger partial charge < -0.3 is 5.32 Å². The zero-order valence-electron chi connectivity index (χ0n) is 9.05. The average molecular weight is 245 g/mol. The van der Waals surface area contributed by atoms with Crippen molar-refractivity contribution in [2.75, 3.05) is 5.32 Å². The maximum Gasteiger partial charge on any atom is 0.255 e. The van der Waals surface area contributed by atoms with Crippen LogP contribution in [-0.2, 0) is 16.1 Å². The first kappa shape index (κ1) is 11.5. The summed E-state index contributed by atoms with van der Waals surface area (Å²) in [4.78, 5) is 12.6. The summed E-state index contributed by atoms with van der Waals surface area (Å²) < 4.78 is 10.6. The second kappa shape index (κ2) is 5.41. The Hall–Kier alpha value is -1.94. The lowest BCUT2D eigenvalue weighted by atomic mass is 10.1. The molecule has 17 heavy (non-hydrogen) atoms. The minimum absolute atomic E-state index is 0.151. The number of carbonyl (C=O) groups excluding carboxylic acids is 1. The molecule has 2 rings (SSSR count). The molecule has 0 atom stereocenters. The monoisotopic (exact) mass is 245 g/mol. The first-order valence-electron chi connectivity index (χ1n) is 5.20. The summed E-state index contributed by atoms with van der Waals surface area (Å²) in [6, 6.07) is 9.27. The summed E-state index contributed by atoms with van der Waals surface area (Å²) >= 11 is 0.467. The van der Waals surface area contributed by atoms with E-state index in [1.54, 1.807) is 18.2 Å². The number of hydrogen-bond acceptors (Lipinski definition) is 2. The van der Waals surface area contributed by atoms with Crippen LogP contribution < -0.4 is 5.32 Å². The van der Waals surface area contributed by atoms with E-state index in [0.717, 1.165) is 10.6 Å². The molecule has 0 unspecified atom stereocenters. The van der Waals surface area contributed by atoms with Crippen molar-refractivity contribution in [3.63, 3.8) is 0 Å². The Bertz CT molecular complexity index is 540. The standard InChI is InChI=1S/C13H11NO2S/c15-13(14-11-4-2-1-3-5-11)10-6-8-12(17-16)9-7-10/h1-8H,9H2,(H,14,15). The molecular formula is C13H11NO2S. The Morgan fingerprint density at radius 2 is 1.94 bits per heavy atom. The second-order valence-electron chi connectivity index (χ2n) is 3.57. The number of carbonyl (C=O) groups is 1. The molecule has 3 nitrogen and oxygen atoms in total. The smallest absolute Gasteiger partial charge is 0.255 e. The molecule has 0 spiro atoms. The van der Waals surface area contributed by atoms with Crippen LogP contribution in [0.1, 0.15) is 6.42 Å². The van der Waals surface area contributed by atoms with Crippen LogP contribution in [-0.4, -0.2) is 15.0 Å². The van der Waals surface area contributed by atoms with E-state index < -0.39 is 0 Å². The van der Waals surface area contributed by atoms with E-state index in [1.807, 2.05) is 30.3 Å². The summed E-state index contributed by atoms with van der Waals surface area (Å²) in [5, 5.41) is 2.79. The number of para-hydroxylation sites is 1. The van der Waals surface area contributed by atoms with Crippen molar-refractivity contribution in [3.8, 4) is 0 Å². The number of allylic oxidation sites excluding steroid dienone is 2. The predicted molar refractivity (Wildman–Crippen MR) is 70.1 cm³/mol. The molecule has 0 aromatic heterocycles. The third-order valence-corrected chi connectivity index (χ3v) is 2.89. The number of anilines is 1. The highest BCUT2D eigenvalue weighted by molar-refractivity contribution is 7.66. The number of hydrogen-bond donors (Lipinski definition) is 1. The van der Waals surface area contributed by atoms with E-state index in [2.05, 4.69) is 5.32 Å². The van der Waals surface area contributed by atoms with Gasteiger partial charge in [-0.3, -0.25) is 4.79 Å². The van der Waals surface area contributed by atoms with Crippen molar-refractivity contribution >= 4 is 27.7 Å². The predicted octanol–water partition coefficient (Wildman–Crippen LogP) is 1.90. The van der Waals surface area contributed by atoms with Crippen LogP contribution in [0.5, 0.6) is 0 Å².